The summed E-state index contributed by atoms with van der Waals surface area (Å²) in [6.07, 6.45) is 1.45. The molecule has 0 amide bonds. The molecule has 0 aromatic carbocycles. The second kappa shape index (κ2) is 7.44. The number of ether oxygens (including phenoxy) is 1. The van der Waals surface area contributed by atoms with E-state index in [0.717, 1.165) is 0 Å². The van der Waals surface area contributed by atoms with Crippen LogP contribution in [-0.4, -0.2) is 40.1 Å². The Morgan fingerprint density at radius 2 is 2.32 bits per heavy atom. The maximum atomic E-state index is 11.1. The maximum absolute atomic E-state index is 11.1. The molecule has 0 saturated carbocycles. The van der Waals surface area contributed by atoms with E-state index in [2.05, 4.69) is 15.0 Å². The van der Waals surface area contributed by atoms with E-state index in [-0.39, 0.29) is 18.1 Å². The third-order valence-corrected chi connectivity index (χ3v) is 2.54. The van der Waals surface area contributed by atoms with Gasteiger partial charge in [0.15, 0.2) is 0 Å². The summed E-state index contributed by atoms with van der Waals surface area (Å²) < 4.78 is 6.04. The van der Waals surface area contributed by atoms with E-state index in [1.807, 2.05) is 0 Å². The number of nitrogens with zero attached hydrogens (tertiary/aromatic N) is 3. The highest BCUT2D eigenvalue weighted by Crippen LogP contribution is 2.11. The summed E-state index contributed by atoms with van der Waals surface area (Å²) in [6, 6.07) is -0.446. The zero-order valence-electron chi connectivity index (χ0n) is 11.3. The van der Waals surface area contributed by atoms with Crippen molar-refractivity contribution >= 4 is 11.9 Å². The second-order valence-corrected chi connectivity index (χ2v) is 3.81. The highest BCUT2D eigenvalue weighted by atomic mass is 16.6. The van der Waals surface area contributed by atoms with Crippen LogP contribution in [0.2, 0.25) is 0 Å². The number of aryl methyl sites for hydroxylation is 1. The first-order valence-electron chi connectivity index (χ1n) is 5.45. The molecule has 1 atom stereocenters. The topological polar surface area (TPSA) is 134 Å². The Balaban J connectivity index is 0.00000324. The number of imidazole rings is 1. The van der Waals surface area contributed by atoms with Gasteiger partial charge in [-0.1, -0.05) is 4.98 Å². The lowest BCUT2D eigenvalue weighted by atomic mass is 10.3. The molecule has 1 rings (SSSR count). The van der Waals surface area contributed by atoms with Crippen molar-refractivity contribution in [2.24, 2.45) is 0 Å². The number of hydrogen-bond donors (Lipinski definition) is 2. The standard InChI is InChI=1S/C10H16N4O4.H3N/c1-7-6-12-10(14(16)17)13(7)5-4-11-8(2)9(15)18-3;/h6,8,11H,4-5H2,1-3H3;1H3. The Hall–Kier alpha value is -2.00. The van der Waals surface area contributed by atoms with Crippen molar-refractivity contribution in [2.45, 2.75) is 26.4 Å². The fraction of sp³-hybridized carbons (Fsp3) is 0.600. The molecule has 1 unspecified atom stereocenters. The van der Waals surface area contributed by atoms with Crippen molar-refractivity contribution in [3.63, 3.8) is 0 Å². The van der Waals surface area contributed by atoms with Gasteiger partial charge in [-0.15, -0.1) is 0 Å². The molecule has 0 radical (unpaired) electrons. The van der Waals surface area contributed by atoms with E-state index in [4.69, 9.17) is 0 Å². The smallest absolute Gasteiger partial charge is 0.434 e. The summed E-state index contributed by atoms with van der Waals surface area (Å²) in [5, 5.41) is 13.6. The second-order valence-electron chi connectivity index (χ2n) is 3.81. The van der Waals surface area contributed by atoms with Crippen LogP contribution in [0.4, 0.5) is 5.95 Å². The number of nitro groups is 1. The molecule has 0 aliphatic heterocycles. The molecule has 0 spiro atoms. The highest BCUT2D eigenvalue weighted by molar-refractivity contribution is 5.74. The van der Waals surface area contributed by atoms with Crippen LogP contribution in [0.5, 0.6) is 0 Å². The van der Waals surface area contributed by atoms with E-state index in [0.29, 0.717) is 18.8 Å². The Morgan fingerprint density at radius 1 is 1.68 bits per heavy atom. The molecular weight excluding hydrogens is 254 g/mol. The van der Waals surface area contributed by atoms with Crippen molar-refractivity contribution < 1.29 is 14.5 Å². The lowest BCUT2D eigenvalue weighted by Crippen LogP contribution is -2.36. The summed E-state index contributed by atoms with van der Waals surface area (Å²) in [5.41, 5.74) is 0.703. The Bertz CT molecular complexity index is 445. The van der Waals surface area contributed by atoms with Gasteiger partial charge in [0, 0.05) is 6.54 Å². The molecule has 0 saturated heterocycles. The molecule has 9 nitrogen and oxygen atoms in total. The van der Waals surface area contributed by atoms with Crippen LogP contribution in [0.3, 0.4) is 0 Å². The van der Waals surface area contributed by atoms with Gasteiger partial charge in [-0.25, -0.2) is 4.57 Å². The van der Waals surface area contributed by atoms with E-state index in [1.54, 1.807) is 13.8 Å². The largest absolute Gasteiger partial charge is 0.468 e. The molecule has 1 aromatic rings. The van der Waals surface area contributed by atoms with E-state index in [1.165, 1.54) is 17.9 Å². The van der Waals surface area contributed by atoms with Gasteiger partial charge in [-0.3, -0.25) is 4.79 Å². The predicted octanol–water partition coefficient (Wildman–Crippen LogP) is 0.413. The zero-order valence-corrected chi connectivity index (χ0v) is 11.3. The van der Waals surface area contributed by atoms with E-state index >= 15 is 0 Å². The summed E-state index contributed by atoms with van der Waals surface area (Å²) in [7, 11) is 1.31. The number of carbonyl (C=O) groups excluding carboxylic acids is 1. The van der Waals surface area contributed by atoms with Gasteiger partial charge in [-0.2, -0.15) is 0 Å². The molecule has 0 aliphatic carbocycles. The molecule has 4 N–H and O–H groups in total. The average Bonchev–Trinajstić information content (AvgIpc) is 2.70. The van der Waals surface area contributed by atoms with Gasteiger partial charge in [-0.05, 0) is 18.8 Å². The molecular formula is C10H19N5O4. The van der Waals surface area contributed by atoms with Crippen LogP contribution in [-0.2, 0) is 16.1 Å². The molecule has 1 heterocycles. The summed E-state index contributed by atoms with van der Waals surface area (Å²) >= 11 is 0. The number of methoxy groups -OCH3 is 1. The molecule has 1 aromatic heterocycles. The number of esters is 1. The first-order chi connectivity index (χ1) is 8.47. The van der Waals surface area contributed by atoms with Crippen LogP contribution < -0.4 is 11.5 Å². The molecule has 19 heavy (non-hydrogen) atoms. The minimum absolute atomic E-state index is 0. The quantitative estimate of drug-likeness (QED) is 0.435. The van der Waals surface area contributed by atoms with Gasteiger partial charge in [0.2, 0.25) is 0 Å². The average molecular weight is 273 g/mol. The fourth-order valence-electron chi connectivity index (χ4n) is 1.52. The lowest BCUT2D eigenvalue weighted by Gasteiger charge is -2.11. The van der Waals surface area contributed by atoms with Crippen LogP contribution in [0, 0.1) is 17.0 Å². The Labute approximate surface area is 110 Å². The van der Waals surface area contributed by atoms with Crippen LogP contribution in [0.1, 0.15) is 12.6 Å². The summed E-state index contributed by atoms with van der Waals surface area (Å²) in [5.74, 6) is -0.563. The molecule has 0 bridgehead atoms. The van der Waals surface area contributed by atoms with Crippen molar-refractivity contribution in [1.82, 2.24) is 21.0 Å². The van der Waals surface area contributed by atoms with Gasteiger partial charge in [0.25, 0.3) is 0 Å². The number of nitrogens with one attached hydrogen (secondary N) is 1. The third-order valence-electron chi connectivity index (χ3n) is 2.54. The first kappa shape index (κ1) is 17.0. The minimum atomic E-state index is -0.531. The van der Waals surface area contributed by atoms with E-state index < -0.39 is 11.0 Å². The van der Waals surface area contributed by atoms with Crippen LogP contribution in [0.15, 0.2) is 6.20 Å². The molecule has 9 heteroatoms. The van der Waals surface area contributed by atoms with Crippen molar-refractivity contribution in [2.75, 3.05) is 13.7 Å². The van der Waals surface area contributed by atoms with Crippen molar-refractivity contribution in [3.8, 4) is 0 Å². The van der Waals surface area contributed by atoms with Gasteiger partial charge >= 0.3 is 11.9 Å². The van der Waals surface area contributed by atoms with Gasteiger partial charge < -0.3 is 26.3 Å². The van der Waals surface area contributed by atoms with Crippen LogP contribution in [0.25, 0.3) is 0 Å². The van der Waals surface area contributed by atoms with Gasteiger partial charge in [0.05, 0.1) is 13.7 Å². The number of aromatic nitrogens is 2. The minimum Gasteiger partial charge on any atom is -0.468 e. The monoisotopic (exact) mass is 273 g/mol. The van der Waals surface area contributed by atoms with Crippen LogP contribution >= 0.6 is 0 Å². The lowest BCUT2D eigenvalue weighted by molar-refractivity contribution is -0.396. The van der Waals surface area contributed by atoms with Crippen molar-refractivity contribution in [3.05, 3.63) is 22.0 Å². The number of carbonyl (C=O) groups is 1. The Morgan fingerprint density at radius 3 is 2.84 bits per heavy atom. The number of hydrogen-bond acceptors (Lipinski definition) is 7. The van der Waals surface area contributed by atoms with Crippen molar-refractivity contribution in [1.29, 1.82) is 0 Å². The molecule has 0 aliphatic rings. The van der Waals surface area contributed by atoms with E-state index in [9.17, 15) is 14.9 Å². The summed E-state index contributed by atoms with van der Waals surface area (Å²) in [4.78, 5) is 25.0. The third kappa shape index (κ3) is 4.30. The molecule has 108 valence electrons. The summed E-state index contributed by atoms with van der Waals surface area (Å²) in [6.45, 7) is 4.18. The highest BCUT2D eigenvalue weighted by Gasteiger charge is 2.18. The normalized spacial score (nSPS) is 11.5. The fourth-order valence-corrected chi connectivity index (χ4v) is 1.52. The first-order valence-corrected chi connectivity index (χ1v) is 5.45. The van der Waals surface area contributed by atoms with Gasteiger partial charge in [0.1, 0.15) is 17.9 Å². The Kier molecular flexibility index (Phi) is 6.66. The molecule has 0 fully saturated rings. The SMILES string of the molecule is COC(=O)C(C)NCCn1c(C)cnc1[N+](=O)[O-].N. The predicted molar refractivity (Wildman–Crippen MR) is 68.1 cm³/mol. The maximum Gasteiger partial charge on any atom is 0.434 e. The number of rotatable bonds is 6. The zero-order chi connectivity index (χ0) is 13.7.